The number of benzene rings is 1. The Hall–Kier alpha value is -1.60. The van der Waals surface area contributed by atoms with E-state index in [9.17, 15) is 0 Å². The van der Waals surface area contributed by atoms with Crippen LogP contribution in [0.4, 0.5) is 23.5 Å². The quantitative estimate of drug-likeness (QED) is 0.782. The molecular weight excluding hydrogens is 320 g/mol. The minimum absolute atomic E-state index is 0.0517. The van der Waals surface area contributed by atoms with Crippen LogP contribution < -0.4 is 16.8 Å². The number of aromatic nitrogens is 3. The fourth-order valence-corrected chi connectivity index (χ4v) is 2.46. The number of hydrogen-bond donors (Lipinski definition) is 3. The Kier molecular flexibility index (Phi) is 3.53. The molecule has 0 amide bonds. The smallest absolute Gasteiger partial charge is 0.233 e. The van der Waals surface area contributed by atoms with Gasteiger partial charge in [-0.05, 0) is 24.6 Å². The molecule has 0 fully saturated rings. The highest BCUT2D eigenvalue weighted by molar-refractivity contribution is 9.10. The van der Waals surface area contributed by atoms with E-state index in [0.29, 0.717) is 10.7 Å². The van der Waals surface area contributed by atoms with E-state index in [4.69, 9.17) is 23.1 Å². The second kappa shape index (κ2) is 4.95. The maximum atomic E-state index is 6.14. The monoisotopic (exact) mass is 328 g/mol. The summed E-state index contributed by atoms with van der Waals surface area (Å²) in [5, 5.41) is 3.52. The van der Waals surface area contributed by atoms with E-state index in [1.807, 2.05) is 13.0 Å². The normalized spacial score (nSPS) is 10.4. The summed E-state index contributed by atoms with van der Waals surface area (Å²) < 4.78 is 0.894. The number of nitrogens with two attached hydrogens (primary N) is 2. The molecule has 0 unspecified atom stereocenters. The molecule has 0 atom stereocenters. The molecular formula is C10H10BrClN6. The van der Waals surface area contributed by atoms with Gasteiger partial charge < -0.3 is 16.8 Å². The minimum atomic E-state index is 0.0517. The summed E-state index contributed by atoms with van der Waals surface area (Å²) in [6.45, 7) is 1.91. The lowest BCUT2D eigenvalue weighted by Crippen LogP contribution is -2.07. The Labute approximate surface area is 117 Å². The highest BCUT2D eigenvalue weighted by Crippen LogP contribution is 2.31. The highest BCUT2D eigenvalue weighted by Gasteiger charge is 2.09. The van der Waals surface area contributed by atoms with Crippen molar-refractivity contribution in [2.45, 2.75) is 6.92 Å². The molecule has 1 aromatic heterocycles. The number of anilines is 4. The lowest BCUT2D eigenvalue weighted by molar-refractivity contribution is 1.08. The summed E-state index contributed by atoms with van der Waals surface area (Å²) in [7, 11) is 0. The van der Waals surface area contributed by atoms with Crippen LogP contribution in [0.15, 0.2) is 16.6 Å². The largest absolute Gasteiger partial charge is 0.368 e. The Morgan fingerprint density at radius 2 is 1.78 bits per heavy atom. The first-order valence-electron chi connectivity index (χ1n) is 4.95. The highest BCUT2D eigenvalue weighted by atomic mass is 79.9. The third-order valence-electron chi connectivity index (χ3n) is 2.16. The third-order valence-corrected chi connectivity index (χ3v) is 2.91. The minimum Gasteiger partial charge on any atom is -0.368 e. The Morgan fingerprint density at radius 1 is 1.17 bits per heavy atom. The second-order valence-electron chi connectivity index (χ2n) is 3.58. The molecule has 2 aromatic rings. The molecule has 0 aliphatic heterocycles. The van der Waals surface area contributed by atoms with Crippen molar-refractivity contribution in [3.63, 3.8) is 0 Å². The van der Waals surface area contributed by atoms with Crippen LogP contribution in [-0.2, 0) is 0 Å². The van der Waals surface area contributed by atoms with Crippen LogP contribution in [0.1, 0.15) is 5.56 Å². The van der Waals surface area contributed by atoms with E-state index in [1.54, 1.807) is 6.07 Å². The Balaban J connectivity index is 2.40. The standard InChI is InChI=1S/C10H10BrClN6/c1-4-2-5(11)3-6(12)7(4)15-10-17-8(13)16-9(14)18-10/h2-3H,1H3,(H5,13,14,15,16,17,18). The number of aryl methyl sites for hydroxylation is 1. The van der Waals surface area contributed by atoms with Gasteiger partial charge in [-0.2, -0.15) is 15.0 Å². The number of rotatable bonds is 2. The van der Waals surface area contributed by atoms with Gasteiger partial charge in [-0.3, -0.25) is 0 Å². The molecule has 0 radical (unpaired) electrons. The van der Waals surface area contributed by atoms with E-state index in [2.05, 4.69) is 36.2 Å². The van der Waals surface area contributed by atoms with Crippen molar-refractivity contribution < 1.29 is 0 Å². The molecule has 2 rings (SSSR count). The van der Waals surface area contributed by atoms with Crippen molar-refractivity contribution in [1.82, 2.24) is 15.0 Å². The predicted molar refractivity (Wildman–Crippen MR) is 75.8 cm³/mol. The molecule has 94 valence electrons. The molecule has 6 nitrogen and oxygen atoms in total. The zero-order chi connectivity index (χ0) is 13.3. The molecule has 0 aliphatic rings. The van der Waals surface area contributed by atoms with Gasteiger partial charge in [0.05, 0.1) is 10.7 Å². The topological polar surface area (TPSA) is 103 Å². The van der Waals surface area contributed by atoms with Crippen molar-refractivity contribution in [2.24, 2.45) is 0 Å². The van der Waals surface area contributed by atoms with E-state index < -0.39 is 0 Å². The molecule has 1 aromatic carbocycles. The number of hydrogen-bond acceptors (Lipinski definition) is 6. The van der Waals surface area contributed by atoms with Gasteiger partial charge in [0.15, 0.2) is 0 Å². The van der Waals surface area contributed by atoms with Crippen LogP contribution in [0.5, 0.6) is 0 Å². The van der Waals surface area contributed by atoms with Gasteiger partial charge in [0.1, 0.15) is 0 Å². The SMILES string of the molecule is Cc1cc(Br)cc(Cl)c1Nc1nc(N)nc(N)n1. The summed E-state index contributed by atoms with van der Waals surface area (Å²) in [5.74, 6) is 0.360. The van der Waals surface area contributed by atoms with Crippen LogP contribution in [0.2, 0.25) is 5.02 Å². The average molecular weight is 330 g/mol. The molecule has 18 heavy (non-hydrogen) atoms. The number of nitrogens with one attached hydrogen (secondary N) is 1. The summed E-state index contributed by atoms with van der Waals surface area (Å²) in [4.78, 5) is 11.5. The van der Waals surface area contributed by atoms with Crippen molar-refractivity contribution in [3.05, 3.63) is 27.2 Å². The molecule has 0 spiro atoms. The van der Waals surface area contributed by atoms with Crippen LogP contribution >= 0.6 is 27.5 Å². The average Bonchev–Trinajstić information content (AvgIpc) is 2.22. The predicted octanol–water partition coefficient (Wildman–Crippen LogP) is 2.50. The van der Waals surface area contributed by atoms with Gasteiger partial charge in [0, 0.05) is 4.47 Å². The van der Waals surface area contributed by atoms with Gasteiger partial charge in [0.2, 0.25) is 17.8 Å². The molecule has 0 aliphatic carbocycles. The van der Waals surface area contributed by atoms with E-state index in [-0.39, 0.29) is 17.8 Å². The first-order valence-corrected chi connectivity index (χ1v) is 6.12. The first kappa shape index (κ1) is 12.8. The summed E-state index contributed by atoms with van der Waals surface area (Å²) >= 11 is 9.50. The molecule has 1 heterocycles. The first-order chi connectivity index (χ1) is 8.45. The zero-order valence-electron chi connectivity index (χ0n) is 9.41. The van der Waals surface area contributed by atoms with E-state index in [1.165, 1.54) is 0 Å². The van der Waals surface area contributed by atoms with Crippen LogP contribution in [-0.4, -0.2) is 15.0 Å². The van der Waals surface area contributed by atoms with Crippen LogP contribution in [0.25, 0.3) is 0 Å². The van der Waals surface area contributed by atoms with Gasteiger partial charge in [0.25, 0.3) is 0 Å². The maximum Gasteiger partial charge on any atom is 0.233 e. The maximum absolute atomic E-state index is 6.14. The Morgan fingerprint density at radius 3 is 2.33 bits per heavy atom. The fraction of sp³-hybridized carbons (Fsp3) is 0.100. The Bertz CT molecular complexity index is 560. The van der Waals surface area contributed by atoms with Gasteiger partial charge in [-0.1, -0.05) is 27.5 Å². The van der Waals surface area contributed by atoms with Gasteiger partial charge >= 0.3 is 0 Å². The van der Waals surface area contributed by atoms with Crippen molar-refractivity contribution in [2.75, 3.05) is 16.8 Å². The van der Waals surface area contributed by atoms with E-state index in [0.717, 1.165) is 10.0 Å². The van der Waals surface area contributed by atoms with Crippen molar-refractivity contribution >= 4 is 51.1 Å². The van der Waals surface area contributed by atoms with Gasteiger partial charge in [-0.25, -0.2) is 0 Å². The van der Waals surface area contributed by atoms with E-state index >= 15 is 0 Å². The lowest BCUT2D eigenvalue weighted by Gasteiger charge is -2.11. The van der Waals surface area contributed by atoms with Crippen LogP contribution in [0.3, 0.4) is 0 Å². The number of nitrogen functional groups attached to an aromatic ring is 2. The van der Waals surface area contributed by atoms with Gasteiger partial charge in [-0.15, -0.1) is 0 Å². The number of nitrogens with zero attached hydrogens (tertiary/aromatic N) is 3. The second-order valence-corrected chi connectivity index (χ2v) is 4.90. The molecule has 5 N–H and O–H groups in total. The third kappa shape index (κ3) is 2.80. The van der Waals surface area contributed by atoms with Crippen LogP contribution in [0, 0.1) is 6.92 Å². The lowest BCUT2D eigenvalue weighted by atomic mass is 10.2. The summed E-state index contributed by atoms with van der Waals surface area (Å²) in [6.07, 6.45) is 0. The summed E-state index contributed by atoms with van der Waals surface area (Å²) in [6, 6.07) is 3.69. The van der Waals surface area contributed by atoms with Crippen molar-refractivity contribution in [3.8, 4) is 0 Å². The van der Waals surface area contributed by atoms with Crippen molar-refractivity contribution in [1.29, 1.82) is 0 Å². The fourth-order valence-electron chi connectivity index (χ4n) is 1.44. The number of halogens is 2. The molecule has 0 saturated heterocycles. The molecule has 8 heteroatoms. The zero-order valence-corrected chi connectivity index (χ0v) is 11.7. The molecule has 0 bridgehead atoms. The summed E-state index contributed by atoms with van der Waals surface area (Å²) in [5.41, 5.74) is 12.6. The molecule has 0 saturated carbocycles.